The van der Waals surface area contributed by atoms with Gasteiger partial charge in [0, 0.05) is 11.4 Å². The summed E-state index contributed by atoms with van der Waals surface area (Å²) in [5, 5.41) is 9.99. The summed E-state index contributed by atoms with van der Waals surface area (Å²) in [6.45, 7) is 4.85. The van der Waals surface area contributed by atoms with E-state index in [0.29, 0.717) is 24.0 Å². The highest BCUT2D eigenvalue weighted by molar-refractivity contribution is 6.30. The highest BCUT2D eigenvalue weighted by Crippen LogP contribution is 2.22. The first-order valence-corrected chi connectivity index (χ1v) is 7.86. The fourth-order valence-electron chi connectivity index (χ4n) is 2.24. The van der Waals surface area contributed by atoms with Crippen LogP contribution in [0.4, 0.5) is 0 Å². The third-order valence-electron chi connectivity index (χ3n) is 3.65. The van der Waals surface area contributed by atoms with E-state index in [4.69, 9.17) is 16.3 Å². The van der Waals surface area contributed by atoms with Gasteiger partial charge in [-0.1, -0.05) is 49.7 Å². The van der Waals surface area contributed by atoms with Gasteiger partial charge in [-0.2, -0.15) is 5.26 Å². The smallest absolute Gasteiger partial charge is 0.119 e. The van der Waals surface area contributed by atoms with Crippen molar-refractivity contribution in [3.8, 4) is 11.8 Å². The number of ether oxygens (including phenoxy) is 1. The zero-order valence-corrected chi connectivity index (χ0v) is 13.7. The fraction of sp³-hybridized carbons (Fsp3) is 0.316. The van der Waals surface area contributed by atoms with E-state index >= 15 is 0 Å². The van der Waals surface area contributed by atoms with Gasteiger partial charge >= 0.3 is 0 Å². The molecule has 0 aliphatic rings. The molecule has 0 saturated carbocycles. The lowest BCUT2D eigenvalue weighted by atomic mass is 9.98. The van der Waals surface area contributed by atoms with E-state index in [2.05, 4.69) is 32.0 Å². The van der Waals surface area contributed by atoms with E-state index in [-0.39, 0.29) is 5.92 Å². The fourth-order valence-corrected chi connectivity index (χ4v) is 2.37. The van der Waals surface area contributed by atoms with Crippen molar-refractivity contribution in [2.45, 2.75) is 32.1 Å². The molecule has 0 amide bonds. The molecule has 3 heteroatoms. The molecule has 0 fully saturated rings. The van der Waals surface area contributed by atoms with E-state index in [1.54, 1.807) is 0 Å². The van der Waals surface area contributed by atoms with E-state index in [9.17, 15) is 5.26 Å². The van der Waals surface area contributed by atoms with E-state index in [1.165, 1.54) is 5.56 Å². The molecular weight excluding hydrogens is 294 g/mol. The van der Waals surface area contributed by atoms with Gasteiger partial charge < -0.3 is 4.74 Å². The molecule has 2 rings (SSSR count). The summed E-state index contributed by atoms with van der Waals surface area (Å²) in [5.41, 5.74) is 2.27. The molecule has 22 heavy (non-hydrogen) atoms. The maximum absolute atomic E-state index is 9.30. The number of nitrogens with zero attached hydrogens (tertiary/aromatic N) is 1. The lowest BCUT2D eigenvalue weighted by molar-refractivity contribution is 0.306. The summed E-state index contributed by atoms with van der Waals surface area (Å²) < 4.78 is 5.74. The van der Waals surface area contributed by atoms with Gasteiger partial charge in [-0.25, -0.2) is 0 Å². The molecule has 1 atom stereocenters. The summed E-state index contributed by atoms with van der Waals surface area (Å²) in [6.07, 6.45) is 0.657. The topological polar surface area (TPSA) is 33.0 Å². The molecule has 2 aromatic carbocycles. The summed E-state index contributed by atoms with van der Waals surface area (Å²) in [6, 6.07) is 17.9. The van der Waals surface area contributed by atoms with Gasteiger partial charge in [0.2, 0.25) is 0 Å². The van der Waals surface area contributed by atoms with E-state index in [0.717, 1.165) is 11.3 Å². The molecular formula is C19H20ClNO. The second kappa shape index (κ2) is 7.87. The summed E-state index contributed by atoms with van der Waals surface area (Å²) in [5.74, 6) is 1.19. The molecule has 0 radical (unpaired) electrons. The van der Waals surface area contributed by atoms with Crippen LogP contribution in [0.1, 0.15) is 43.2 Å². The largest absolute Gasteiger partial charge is 0.494 e. The van der Waals surface area contributed by atoms with Crippen molar-refractivity contribution in [3.05, 3.63) is 64.7 Å². The molecule has 1 unspecified atom stereocenters. The monoisotopic (exact) mass is 313 g/mol. The van der Waals surface area contributed by atoms with Crippen molar-refractivity contribution in [1.29, 1.82) is 5.26 Å². The first kappa shape index (κ1) is 16.4. The van der Waals surface area contributed by atoms with Crippen molar-refractivity contribution >= 4 is 11.6 Å². The Hall–Kier alpha value is -1.98. The molecule has 2 aromatic rings. The van der Waals surface area contributed by atoms with Gasteiger partial charge in [0.15, 0.2) is 0 Å². The summed E-state index contributed by atoms with van der Waals surface area (Å²) in [4.78, 5) is 0. The van der Waals surface area contributed by atoms with Crippen molar-refractivity contribution in [2.75, 3.05) is 6.61 Å². The molecule has 0 bridgehead atoms. The number of halogens is 1. The molecule has 0 aliphatic carbocycles. The molecule has 0 N–H and O–H groups in total. The van der Waals surface area contributed by atoms with Crippen molar-refractivity contribution in [3.63, 3.8) is 0 Å². The number of rotatable bonds is 6. The Morgan fingerprint density at radius 2 is 1.59 bits per heavy atom. The molecule has 0 aromatic heterocycles. The van der Waals surface area contributed by atoms with Crippen LogP contribution in [0.25, 0.3) is 0 Å². The van der Waals surface area contributed by atoms with Crippen molar-refractivity contribution < 1.29 is 4.74 Å². The zero-order chi connectivity index (χ0) is 15.9. The third-order valence-corrected chi connectivity index (χ3v) is 3.90. The first-order chi connectivity index (χ1) is 10.6. The van der Waals surface area contributed by atoms with Gasteiger partial charge in [-0.15, -0.1) is 0 Å². The SMILES string of the molecule is CC(C)c1ccc(OCCC(C#N)c2ccc(Cl)cc2)cc1. The van der Waals surface area contributed by atoms with Crippen LogP contribution in [0.5, 0.6) is 5.75 Å². The Balaban J connectivity index is 1.89. The molecule has 0 saturated heterocycles. The maximum atomic E-state index is 9.30. The van der Waals surface area contributed by atoms with Gasteiger partial charge in [-0.3, -0.25) is 0 Å². The second-order valence-electron chi connectivity index (χ2n) is 5.59. The molecule has 0 heterocycles. The molecule has 114 valence electrons. The standard InChI is InChI=1S/C19H20ClNO/c1-14(2)15-5-9-19(10-6-15)22-12-11-17(13-21)16-3-7-18(20)8-4-16/h3-10,14,17H,11-12H2,1-2H3. The zero-order valence-electron chi connectivity index (χ0n) is 12.9. The van der Waals surface area contributed by atoms with Crippen LogP contribution in [-0.2, 0) is 0 Å². The average molecular weight is 314 g/mol. The predicted molar refractivity (Wildman–Crippen MR) is 90.4 cm³/mol. The maximum Gasteiger partial charge on any atom is 0.119 e. The number of nitriles is 1. The quantitative estimate of drug-likeness (QED) is 0.701. The minimum absolute atomic E-state index is 0.174. The van der Waals surface area contributed by atoms with Crippen LogP contribution in [0.15, 0.2) is 48.5 Å². The highest BCUT2D eigenvalue weighted by atomic mass is 35.5. The van der Waals surface area contributed by atoms with Crippen molar-refractivity contribution in [2.24, 2.45) is 0 Å². The summed E-state index contributed by atoms with van der Waals surface area (Å²) in [7, 11) is 0. The summed E-state index contributed by atoms with van der Waals surface area (Å²) >= 11 is 5.87. The van der Waals surface area contributed by atoms with Crippen molar-refractivity contribution in [1.82, 2.24) is 0 Å². The highest BCUT2D eigenvalue weighted by Gasteiger charge is 2.10. The van der Waals surface area contributed by atoms with E-state index < -0.39 is 0 Å². The van der Waals surface area contributed by atoms with Gasteiger partial charge in [0.05, 0.1) is 18.6 Å². The minimum Gasteiger partial charge on any atom is -0.494 e. The molecule has 0 aliphatic heterocycles. The predicted octanol–water partition coefficient (Wildman–Crippen LogP) is 5.54. The van der Waals surface area contributed by atoms with Crippen LogP contribution in [0.3, 0.4) is 0 Å². The number of hydrogen-bond donors (Lipinski definition) is 0. The van der Waals surface area contributed by atoms with Gasteiger partial charge in [0.25, 0.3) is 0 Å². The average Bonchev–Trinajstić information content (AvgIpc) is 2.53. The van der Waals surface area contributed by atoms with Crippen LogP contribution in [0.2, 0.25) is 5.02 Å². The number of benzene rings is 2. The third kappa shape index (κ3) is 4.51. The van der Waals surface area contributed by atoms with E-state index in [1.807, 2.05) is 36.4 Å². The lowest BCUT2D eigenvalue weighted by Crippen LogP contribution is -2.04. The lowest BCUT2D eigenvalue weighted by Gasteiger charge is -2.12. The van der Waals surface area contributed by atoms with Crippen LogP contribution in [-0.4, -0.2) is 6.61 Å². The van der Waals surface area contributed by atoms with Crippen LogP contribution >= 0.6 is 11.6 Å². The minimum atomic E-state index is -0.174. The Morgan fingerprint density at radius 1 is 1.00 bits per heavy atom. The Kier molecular flexibility index (Phi) is 5.86. The molecule has 2 nitrogen and oxygen atoms in total. The van der Waals surface area contributed by atoms with Gasteiger partial charge in [0.1, 0.15) is 5.75 Å². The molecule has 0 spiro atoms. The second-order valence-corrected chi connectivity index (χ2v) is 6.03. The van der Waals surface area contributed by atoms with Crippen LogP contribution in [0, 0.1) is 11.3 Å². The first-order valence-electron chi connectivity index (χ1n) is 7.48. The van der Waals surface area contributed by atoms with Crippen LogP contribution < -0.4 is 4.74 Å². The Morgan fingerprint density at radius 3 is 2.14 bits per heavy atom. The Labute approximate surface area is 137 Å². The Bertz CT molecular complexity index is 626. The van der Waals surface area contributed by atoms with Gasteiger partial charge in [-0.05, 0) is 41.3 Å². The normalized spacial score (nSPS) is 12.0. The number of hydrogen-bond acceptors (Lipinski definition) is 2.